The van der Waals surface area contributed by atoms with Crippen molar-refractivity contribution >= 4 is 40.7 Å². The molecule has 1 aliphatic carbocycles. The van der Waals surface area contributed by atoms with E-state index in [4.69, 9.17) is 22.1 Å². The Balaban J connectivity index is 1.67. The van der Waals surface area contributed by atoms with E-state index in [0.717, 1.165) is 6.07 Å². The van der Waals surface area contributed by atoms with Gasteiger partial charge in [0.15, 0.2) is 0 Å². The third kappa shape index (κ3) is 5.39. The summed E-state index contributed by atoms with van der Waals surface area (Å²) in [6, 6.07) is 3.77. The molecule has 11 heteroatoms. The second-order valence-electron chi connectivity index (χ2n) is 9.32. The molecule has 34 heavy (non-hydrogen) atoms. The molecule has 0 saturated heterocycles. The average Bonchev–Trinajstić information content (AvgIpc) is 3.26. The normalized spacial score (nSPS) is 24.9. The maximum atomic E-state index is 13.3. The number of rotatable bonds is 8. The Kier molecular flexibility index (Phi) is 7.95. The molecule has 9 nitrogen and oxygen atoms in total. The highest BCUT2D eigenvalue weighted by molar-refractivity contribution is 6.47. The van der Waals surface area contributed by atoms with E-state index in [1.165, 1.54) is 12.1 Å². The number of halogens is 2. The summed E-state index contributed by atoms with van der Waals surface area (Å²) in [5, 5.41) is 8.70. The highest BCUT2D eigenvalue weighted by atomic mass is 35.5. The third-order valence-electron chi connectivity index (χ3n) is 6.70. The summed E-state index contributed by atoms with van der Waals surface area (Å²) < 4.78 is 18.6. The van der Waals surface area contributed by atoms with Gasteiger partial charge in [0.1, 0.15) is 17.1 Å². The minimum Gasteiger partial charge on any atom is -0.377 e. The van der Waals surface area contributed by atoms with E-state index < -0.39 is 28.8 Å². The van der Waals surface area contributed by atoms with Crippen LogP contribution in [-0.2, 0) is 19.1 Å². The second-order valence-corrected chi connectivity index (χ2v) is 9.73. The first-order chi connectivity index (χ1) is 16.0. The van der Waals surface area contributed by atoms with Crippen LogP contribution >= 0.6 is 11.6 Å². The maximum absolute atomic E-state index is 13.3. The number of aliphatic imine (C=N–C) groups is 1. The average molecular weight is 496 g/mol. The Morgan fingerprint density at radius 2 is 1.97 bits per heavy atom. The molecule has 0 aromatic heterocycles. The lowest BCUT2D eigenvalue weighted by Crippen LogP contribution is -2.66. The summed E-state index contributed by atoms with van der Waals surface area (Å²) in [5.41, 5.74) is 4.23. The first kappa shape index (κ1) is 26.1. The summed E-state index contributed by atoms with van der Waals surface area (Å²) in [4.78, 5) is 42.6. The molecule has 1 atom stereocenters. The van der Waals surface area contributed by atoms with Crippen molar-refractivity contribution in [2.24, 2.45) is 22.6 Å². The van der Waals surface area contributed by atoms with Gasteiger partial charge in [-0.05, 0) is 63.6 Å². The van der Waals surface area contributed by atoms with Crippen molar-refractivity contribution in [3.8, 4) is 0 Å². The van der Waals surface area contributed by atoms with Crippen molar-refractivity contribution in [1.29, 1.82) is 0 Å². The van der Waals surface area contributed by atoms with E-state index in [0.29, 0.717) is 31.4 Å². The number of nitrogens with zero attached hydrogens (tertiary/aromatic N) is 1. The molecule has 0 bridgehead atoms. The molecule has 1 heterocycles. The number of amides is 3. The van der Waals surface area contributed by atoms with Crippen molar-refractivity contribution in [2.75, 3.05) is 25.6 Å². The number of hydrogen-bond donors (Lipinski definition) is 4. The van der Waals surface area contributed by atoms with Gasteiger partial charge in [-0.3, -0.25) is 24.7 Å². The fourth-order valence-electron chi connectivity index (χ4n) is 4.51. The molecule has 1 aromatic rings. The third-order valence-corrected chi connectivity index (χ3v) is 7.01. The van der Waals surface area contributed by atoms with E-state index in [1.807, 2.05) is 13.8 Å². The Hall–Kier alpha value is -2.56. The molecule has 3 rings (SSSR count). The van der Waals surface area contributed by atoms with Gasteiger partial charge in [0.05, 0.1) is 23.0 Å². The second kappa shape index (κ2) is 10.4. The predicted molar refractivity (Wildman–Crippen MR) is 127 cm³/mol. The highest BCUT2D eigenvalue weighted by Gasteiger charge is 2.54. The lowest BCUT2D eigenvalue weighted by Gasteiger charge is -2.39. The molecule has 186 valence electrons. The topological polar surface area (TPSA) is 135 Å². The number of hydrogen-bond acceptors (Lipinski definition) is 6. The van der Waals surface area contributed by atoms with E-state index in [2.05, 4.69) is 20.9 Å². The van der Waals surface area contributed by atoms with E-state index in [-0.39, 0.29) is 41.7 Å². The van der Waals surface area contributed by atoms with Crippen LogP contribution in [0, 0.1) is 17.7 Å². The first-order valence-electron chi connectivity index (χ1n) is 11.2. The summed E-state index contributed by atoms with van der Waals surface area (Å²) in [5.74, 6) is -2.48. The predicted octanol–water partition coefficient (Wildman–Crippen LogP) is 1.99. The molecule has 2 aliphatic rings. The van der Waals surface area contributed by atoms with Gasteiger partial charge < -0.3 is 21.1 Å². The Bertz CT molecular complexity index is 994. The van der Waals surface area contributed by atoms with Gasteiger partial charge in [-0.25, -0.2) is 4.39 Å². The SMILES string of the molecule is COC(C)(C)CNC(=O)C1=NCNC1(C(N)=O)C1CCC(C(=O)Nc2ccc(F)cc2Cl)CC1. The van der Waals surface area contributed by atoms with Crippen LogP contribution in [0.1, 0.15) is 39.5 Å². The largest absolute Gasteiger partial charge is 0.377 e. The van der Waals surface area contributed by atoms with E-state index in [9.17, 15) is 18.8 Å². The van der Waals surface area contributed by atoms with Crippen LogP contribution in [0.25, 0.3) is 0 Å². The Morgan fingerprint density at radius 1 is 1.29 bits per heavy atom. The number of carbonyl (C=O) groups excluding carboxylic acids is 3. The fraction of sp³-hybridized carbons (Fsp3) is 0.565. The molecule has 1 unspecified atom stereocenters. The number of nitrogens with one attached hydrogen (secondary N) is 3. The maximum Gasteiger partial charge on any atom is 0.267 e. The Labute approximate surface area is 203 Å². The number of anilines is 1. The van der Waals surface area contributed by atoms with Crippen LogP contribution in [0.2, 0.25) is 5.02 Å². The van der Waals surface area contributed by atoms with Gasteiger partial charge in [-0.1, -0.05) is 11.6 Å². The van der Waals surface area contributed by atoms with Crippen molar-refractivity contribution in [3.05, 3.63) is 29.0 Å². The van der Waals surface area contributed by atoms with Crippen molar-refractivity contribution in [1.82, 2.24) is 10.6 Å². The summed E-state index contributed by atoms with van der Waals surface area (Å²) in [6.45, 7) is 3.99. The molecule has 1 aliphatic heterocycles. The molecule has 1 fully saturated rings. The Morgan fingerprint density at radius 3 is 2.56 bits per heavy atom. The molecule has 1 saturated carbocycles. The lowest BCUT2D eigenvalue weighted by atomic mass is 9.69. The number of ether oxygens (including phenoxy) is 1. The molecular formula is C23H31ClFN5O4. The zero-order valence-corrected chi connectivity index (χ0v) is 20.3. The summed E-state index contributed by atoms with van der Waals surface area (Å²) in [6.07, 6.45) is 1.94. The van der Waals surface area contributed by atoms with Gasteiger partial charge in [0, 0.05) is 19.6 Å². The number of primary amides is 1. The first-order valence-corrected chi connectivity index (χ1v) is 11.6. The van der Waals surface area contributed by atoms with Gasteiger partial charge in [0.25, 0.3) is 5.91 Å². The number of nitrogens with two attached hydrogens (primary N) is 1. The van der Waals surface area contributed by atoms with Gasteiger partial charge in [-0.15, -0.1) is 0 Å². The lowest BCUT2D eigenvalue weighted by molar-refractivity contribution is -0.126. The fourth-order valence-corrected chi connectivity index (χ4v) is 4.72. The van der Waals surface area contributed by atoms with Crippen molar-refractivity contribution in [3.63, 3.8) is 0 Å². The smallest absolute Gasteiger partial charge is 0.267 e. The van der Waals surface area contributed by atoms with Crippen LogP contribution < -0.4 is 21.7 Å². The van der Waals surface area contributed by atoms with Crippen LogP contribution in [0.4, 0.5) is 10.1 Å². The van der Waals surface area contributed by atoms with Crippen LogP contribution in [0.15, 0.2) is 23.2 Å². The number of benzene rings is 1. The minimum absolute atomic E-state index is 0.0675. The van der Waals surface area contributed by atoms with Crippen LogP contribution in [0.5, 0.6) is 0 Å². The van der Waals surface area contributed by atoms with E-state index in [1.54, 1.807) is 7.11 Å². The minimum atomic E-state index is -1.40. The quantitative estimate of drug-likeness (QED) is 0.437. The van der Waals surface area contributed by atoms with Gasteiger partial charge in [-0.2, -0.15) is 0 Å². The van der Waals surface area contributed by atoms with Gasteiger partial charge in [0.2, 0.25) is 11.8 Å². The molecule has 0 spiro atoms. The van der Waals surface area contributed by atoms with Crippen LogP contribution in [-0.4, -0.2) is 54.9 Å². The molecule has 0 radical (unpaired) electrons. The molecule has 5 N–H and O–H groups in total. The number of methoxy groups -OCH3 is 1. The van der Waals surface area contributed by atoms with Crippen molar-refractivity contribution < 1.29 is 23.5 Å². The standard InChI is InChI=1S/C23H31ClFN5O4/c1-22(2,34-3)11-27-20(32)18-23(21(26)33,29-12-28-18)14-6-4-13(5-7-14)19(31)30-17-9-8-15(25)10-16(17)24/h8-10,13-14,29H,4-7,11-12H2,1-3H3,(H2,26,33)(H,27,32)(H,30,31). The molecule has 3 amide bonds. The zero-order valence-electron chi connectivity index (χ0n) is 19.5. The summed E-state index contributed by atoms with van der Waals surface area (Å²) >= 11 is 6.01. The number of carbonyl (C=O) groups is 3. The highest BCUT2D eigenvalue weighted by Crippen LogP contribution is 2.38. The van der Waals surface area contributed by atoms with Gasteiger partial charge >= 0.3 is 0 Å². The molecular weight excluding hydrogens is 465 g/mol. The van der Waals surface area contributed by atoms with Crippen molar-refractivity contribution in [2.45, 2.75) is 50.7 Å². The molecule has 1 aromatic carbocycles. The monoisotopic (exact) mass is 495 g/mol. The summed E-state index contributed by atoms with van der Waals surface area (Å²) in [7, 11) is 1.55. The van der Waals surface area contributed by atoms with E-state index >= 15 is 0 Å². The van der Waals surface area contributed by atoms with Crippen LogP contribution in [0.3, 0.4) is 0 Å². The zero-order chi connectivity index (χ0) is 25.1.